The van der Waals surface area contributed by atoms with E-state index in [-0.39, 0.29) is 0 Å². The summed E-state index contributed by atoms with van der Waals surface area (Å²) in [5, 5.41) is 9.73. The highest BCUT2D eigenvalue weighted by atomic mass is 127. The summed E-state index contributed by atoms with van der Waals surface area (Å²) in [4.78, 5) is 5.19. The molecule has 0 bridgehead atoms. The van der Waals surface area contributed by atoms with Crippen LogP contribution in [0.25, 0.3) is 16.3 Å². The molecule has 0 aliphatic heterocycles. The lowest BCUT2D eigenvalue weighted by molar-refractivity contribution is 0.267. The van der Waals surface area contributed by atoms with E-state index >= 15 is 0 Å². The molecule has 0 radical (unpaired) electrons. The summed E-state index contributed by atoms with van der Waals surface area (Å²) in [6.45, 7) is 2.90. The zero-order valence-corrected chi connectivity index (χ0v) is 22.9. The summed E-state index contributed by atoms with van der Waals surface area (Å²) in [6, 6.07) is 22.2. The molecule has 166 valence electrons. The number of benzene rings is 3. The normalized spacial score (nSPS) is 11.4. The summed E-state index contributed by atoms with van der Waals surface area (Å²) in [5.74, 6) is 1.37. The number of rotatable bonds is 8. The van der Waals surface area contributed by atoms with Crippen molar-refractivity contribution in [3.8, 4) is 17.6 Å². The number of ether oxygens (including phenoxy) is 2. The van der Waals surface area contributed by atoms with Gasteiger partial charge in [-0.3, -0.25) is 0 Å². The molecule has 0 amide bonds. The number of nitriles is 1. The molecule has 33 heavy (non-hydrogen) atoms. The smallest absolute Gasteiger partial charge is 0.175 e. The largest absolute Gasteiger partial charge is 0.490 e. The predicted molar refractivity (Wildman–Crippen MR) is 148 cm³/mol. The van der Waals surface area contributed by atoms with E-state index in [0.29, 0.717) is 29.6 Å². The van der Waals surface area contributed by atoms with Crippen LogP contribution in [0.5, 0.6) is 11.5 Å². The number of fused-ring (bicyclic) bond motifs is 1. The Hall–Kier alpha value is -2.06. The van der Waals surface area contributed by atoms with Gasteiger partial charge >= 0.3 is 0 Å². The molecule has 0 atom stereocenters. The minimum Gasteiger partial charge on any atom is -0.490 e. The van der Waals surface area contributed by atoms with Crippen LogP contribution < -0.4 is 9.47 Å². The number of hydrogen-bond donors (Lipinski definition) is 0. The third-order valence-electron chi connectivity index (χ3n) is 4.51. The zero-order chi connectivity index (χ0) is 23.2. The summed E-state index contributed by atoms with van der Waals surface area (Å²) < 4.78 is 15.9. The minimum atomic E-state index is 0.440. The van der Waals surface area contributed by atoms with Gasteiger partial charge in [-0.1, -0.05) is 40.2 Å². The highest BCUT2D eigenvalue weighted by molar-refractivity contribution is 14.1. The maximum atomic E-state index is 9.73. The fourth-order valence-corrected chi connectivity index (χ4v) is 6.06. The van der Waals surface area contributed by atoms with Crippen LogP contribution in [0.3, 0.4) is 0 Å². The molecule has 0 N–H and O–H groups in total. The van der Waals surface area contributed by atoms with Crippen LogP contribution in [0, 0.1) is 14.9 Å². The third-order valence-corrected chi connectivity index (χ3v) is 7.86. The molecule has 0 fully saturated rings. The van der Waals surface area contributed by atoms with Gasteiger partial charge in [-0.05, 0) is 94.9 Å². The van der Waals surface area contributed by atoms with Gasteiger partial charge in [0.1, 0.15) is 12.7 Å². The van der Waals surface area contributed by atoms with Crippen LogP contribution in [0.4, 0.5) is 0 Å². The summed E-state index contributed by atoms with van der Waals surface area (Å²) >= 11 is 8.66. The van der Waals surface area contributed by atoms with Gasteiger partial charge in [-0.2, -0.15) is 5.26 Å². The van der Waals surface area contributed by atoms with Crippen molar-refractivity contribution in [3.63, 3.8) is 0 Å². The molecule has 0 aliphatic carbocycles. The number of allylic oxidation sites excluding steroid dienone is 1. The molecule has 0 aliphatic rings. The molecule has 0 unspecified atom stereocenters. The van der Waals surface area contributed by atoms with E-state index in [4.69, 9.17) is 9.47 Å². The zero-order valence-electron chi connectivity index (χ0n) is 17.5. The quantitative estimate of drug-likeness (QED) is 0.109. The van der Waals surface area contributed by atoms with E-state index in [2.05, 4.69) is 49.6 Å². The van der Waals surface area contributed by atoms with Crippen molar-refractivity contribution in [2.75, 3.05) is 6.61 Å². The van der Waals surface area contributed by atoms with Gasteiger partial charge in [0.2, 0.25) is 0 Å². The number of thiazole rings is 1. The van der Waals surface area contributed by atoms with Crippen molar-refractivity contribution in [1.82, 2.24) is 4.98 Å². The predicted octanol–water partition coefficient (Wildman–Crippen LogP) is 8.30. The Morgan fingerprint density at radius 3 is 2.70 bits per heavy atom. The lowest BCUT2D eigenvalue weighted by atomic mass is 10.2. The first-order valence-corrected chi connectivity index (χ1v) is 13.5. The van der Waals surface area contributed by atoms with Gasteiger partial charge in [0.15, 0.2) is 15.8 Å². The van der Waals surface area contributed by atoms with Crippen molar-refractivity contribution in [2.24, 2.45) is 0 Å². The number of thioether (sulfide) groups is 1. The molecule has 0 saturated heterocycles. The Morgan fingerprint density at radius 2 is 1.97 bits per heavy atom. The lowest BCUT2D eigenvalue weighted by Gasteiger charge is -2.15. The van der Waals surface area contributed by atoms with E-state index in [1.54, 1.807) is 11.3 Å². The maximum Gasteiger partial charge on any atom is 0.175 e. The van der Waals surface area contributed by atoms with Gasteiger partial charge in [-0.15, -0.1) is 11.3 Å². The lowest BCUT2D eigenvalue weighted by Crippen LogP contribution is -2.02. The average Bonchev–Trinajstić information content (AvgIpc) is 3.22. The molecular formula is C25H18BrIN2O2S2. The highest BCUT2D eigenvalue weighted by Gasteiger charge is 2.14. The molecule has 0 saturated carbocycles. The monoisotopic (exact) mass is 648 g/mol. The first-order valence-electron chi connectivity index (χ1n) is 10.0. The molecular weight excluding hydrogens is 631 g/mol. The first kappa shape index (κ1) is 24.1. The van der Waals surface area contributed by atoms with Gasteiger partial charge < -0.3 is 9.47 Å². The number of para-hydroxylation sites is 1. The molecule has 4 aromatic rings. The molecule has 1 aromatic heterocycles. The van der Waals surface area contributed by atoms with Gasteiger partial charge in [0, 0.05) is 4.47 Å². The van der Waals surface area contributed by atoms with E-state index in [9.17, 15) is 5.26 Å². The van der Waals surface area contributed by atoms with Crippen molar-refractivity contribution in [2.45, 2.75) is 17.9 Å². The van der Waals surface area contributed by atoms with Crippen LogP contribution >= 0.6 is 61.6 Å². The topological polar surface area (TPSA) is 55.1 Å². The van der Waals surface area contributed by atoms with Crippen LogP contribution in [-0.2, 0) is 6.61 Å². The van der Waals surface area contributed by atoms with Crippen molar-refractivity contribution >= 4 is 77.9 Å². The standard InChI is InChI=1S/C25H18BrIN2O2S2/c1-2-30-22-13-17(12-20(27)24(22)31-15-16-7-9-18(26)10-8-16)11-19(14-28)32-25-29-21-5-3-4-6-23(21)33-25/h3-13H,2,15H2,1H3/b19-11+. The SMILES string of the molecule is CCOc1cc(/C=C(\C#N)Sc2nc3ccccc3s2)cc(I)c1OCc1ccc(Br)cc1. The van der Waals surface area contributed by atoms with Gasteiger partial charge in [-0.25, -0.2) is 4.98 Å². The van der Waals surface area contributed by atoms with Crippen LogP contribution in [-0.4, -0.2) is 11.6 Å². The Labute approximate surface area is 222 Å². The Balaban J connectivity index is 1.57. The molecule has 0 spiro atoms. The highest BCUT2D eigenvalue weighted by Crippen LogP contribution is 2.38. The van der Waals surface area contributed by atoms with E-state index in [1.165, 1.54) is 11.8 Å². The van der Waals surface area contributed by atoms with Gasteiger partial charge in [0.25, 0.3) is 0 Å². The summed E-state index contributed by atoms with van der Waals surface area (Å²) in [5.41, 5.74) is 2.89. The Kier molecular flexibility index (Phi) is 8.30. The maximum absolute atomic E-state index is 9.73. The second kappa shape index (κ2) is 11.4. The van der Waals surface area contributed by atoms with E-state index < -0.39 is 0 Å². The van der Waals surface area contributed by atoms with Crippen molar-refractivity contribution < 1.29 is 9.47 Å². The molecule has 4 nitrogen and oxygen atoms in total. The Bertz CT molecular complexity index is 1310. The van der Waals surface area contributed by atoms with Crippen LogP contribution in [0.2, 0.25) is 0 Å². The van der Waals surface area contributed by atoms with Crippen molar-refractivity contribution in [3.05, 3.63) is 84.7 Å². The average molecular weight is 649 g/mol. The van der Waals surface area contributed by atoms with Crippen LogP contribution in [0.15, 0.2) is 74.4 Å². The number of hydrogen-bond acceptors (Lipinski definition) is 6. The number of aromatic nitrogens is 1. The number of nitrogens with zero attached hydrogens (tertiary/aromatic N) is 2. The Morgan fingerprint density at radius 1 is 1.18 bits per heavy atom. The summed E-state index contributed by atoms with van der Waals surface area (Å²) in [7, 11) is 0. The fraction of sp³-hybridized carbons (Fsp3) is 0.120. The van der Waals surface area contributed by atoms with E-state index in [0.717, 1.165) is 33.7 Å². The van der Waals surface area contributed by atoms with Crippen molar-refractivity contribution in [1.29, 1.82) is 5.26 Å². The second-order valence-electron chi connectivity index (χ2n) is 6.85. The minimum absolute atomic E-state index is 0.440. The molecule has 8 heteroatoms. The molecule has 3 aromatic carbocycles. The molecule has 4 rings (SSSR count). The van der Waals surface area contributed by atoms with Crippen LogP contribution in [0.1, 0.15) is 18.1 Å². The summed E-state index contributed by atoms with van der Waals surface area (Å²) in [6.07, 6.45) is 1.86. The van der Waals surface area contributed by atoms with E-state index in [1.807, 2.05) is 73.7 Å². The second-order valence-corrected chi connectivity index (χ2v) is 11.2. The fourth-order valence-electron chi connectivity index (χ4n) is 3.04. The molecule has 1 heterocycles. The third kappa shape index (κ3) is 6.29. The van der Waals surface area contributed by atoms with Gasteiger partial charge in [0.05, 0.1) is 25.3 Å². The number of halogens is 2. The first-order chi connectivity index (χ1) is 16.1.